The molecule has 0 radical (unpaired) electrons. The molecule has 5 aromatic carbocycles. The monoisotopic (exact) mass is 436 g/mol. The Kier molecular flexibility index (Phi) is 5.51. The molecule has 3 heteroatoms. The maximum Gasteiger partial charge on any atom is 0.171 e. The highest BCUT2D eigenvalue weighted by Crippen LogP contribution is 2.46. The minimum atomic E-state index is -3.07. The van der Waals surface area contributed by atoms with E-state index in [2.05, 4.69) is 36.4 Å². The fraction of sp³-hybridized carbons (Fsp3) is 0. The van der Waals surface area contributed by atoms with Gasteiger partial charge in [0, 0.05) is 31.1 Å². The van der Waals surface area contributed by atoms with Crippen LogP contribution >= 0.6 is 18.9 Å². The molecule has 0 heterocycles. The molecule has 5 aromatic rings. The van der Waals surface area contributed by atoms with E-state index >= 15 is 4.57 Å². The van der Waals surface area contributed by atoms with Gasteiger partial charge in [0.05, 0.1) is 0 Å². The van der Waals surface area contributed by atoms with Crippen molar-refractivity contribution in [3.63, 3.8) is 0 Å². The highest BCUT2D eigenvalue weighted by Gasteiger charge is 2.31. The summed E-state index contributed by atoms with van der Waals surface area (Å²) in [6.07, 6.45) is 0. The number of benzene rings is 5. The van der Waals surface area contributed by atoms with Gasteiger partial charge in [0.15, 0.2) is 7.14 Å². The van der Waals surface area contributed by atoms with Crippen molar-refractivity contribution < 1.29 is 4.57 Å². The van der Waals surface area contributed by atoms with Gasteiger partial charge < -0.3 is 4.57 Å². The van der Waals surface area contributed by atoms with Crippen molar-refractivity contribution >= 4 is 45.6 Å². The molecule has 0 saturated carbocycles. The second-order valence-corrected chi connectivity index (χ2v) is 11.2. The van der Waals surface area contributed by atoms with E-state index in [-0.39, 0.29) is 0 Å². The number of hydrogen-bond donors (Lipinski definition) is 0. The van der Waals surface area contributed by atoms with E-state index in [1.54, 1.807) is 11.8 Å². The summed E-state index contributed by atoms with van der Waals surface area (Å²) in [5.41, 5.74) is 0. The number of hydrogen-bond acceptors (Lipinski definition) is 2. The van der Waals surface area contributed by atoms with Crippen molar-refractivity contribution in [1.82, 2.24) is 0 Å². The lowest BCUT2D eigenvalue weighted by molar-refractivity contribution is 0.592. The van der Waals surface area contributed by atoms with E-state index < -0.39 is 7.14 Å². The van der Waals surface area contributed by atoms with Crippen LogP contribution in [0.25, 0.3) is 10.8 Å². The average molecular weight is 437 g/mol. The topological polar surface area (TPSA) is 17.1 Å². The van der Waals surface area contributed by atoms with Gasteiger partial charge in [0.1, 0.15) is 0 Å². The molecular weight excluding hydrogens is 415 g/mol. The smallest absolute Gasteiger partial charge is 0.171 e. The molecule has 0 unspecified atom stereocenters. The van der Waals surface area contributed by atoms with Crippen LogP contribution in [-0.4, -0.2) is 0 Å². The summed E-state index contributed by atoms with van der Waals surface area (Å²) in [6, 6.07) is 42.6. The summed E-state index contributed by atoms with van der Waals surface area (Å²) in [6.45, 7) is 0. The third-order valence-corrected chi connectivity index (χ3v) is 9.56. The Morgan fingerprint density at radius 1 is 0.516 bits per heavy atom. The van der Waals surface area contributed by atoms with Crippen molar-refractivity contribution in [3.8, 4) is 0 Å². The molecular formula is C28H21OPS. The summed E-state index contributed by atoms with van der Waals surface area (Å²) >= 11 is 1.72. The minimum absolute atomic E-state index is 0.855. The number of fused-ring (bicyclic) bond motifs is 1. The fourth-order valence-corrected chi connectivity index (χ4v) is 7.95. The molecule has 0 fully saturated rings. The normalized spacial score (nSPS) is 11.5. The van der Waals surface area contributed by atoms with Gasteiger partial charge in [0.25, 0.3) is 0 Å². The van der Waals surface area contributed by atoms with E-state index in [9.17, 15) is 0 Å². The fourth-order valence-electron chi connectivity index (χ4n) is 3.95. The lowest BCUT2D eigenvalue weighted by Gasteiger charge is -2.22. The van der Waals surface area contributed by atoms with Crippen LogP contribution in [0, 0.1) is 0 Å². The zero-order valence-electron chi connectivity index (χ0n) is 16.9. The summed E-state index contributed by atoms with van der Waals surface area (Å²) < 4.78 is 15.0. The maximum absolute atomic E-state index is 15.0. The predicted octanol–water partition coefficient (Wildman–Crippen LogP) is 6.63. The molecule has 150 valence electrons. The van der Waals surface area contributed by atoms with Gasteiger partial charge in [-0.1, -0.05) is 121 Å². The first-order valence-corrected chi connectivity index (χ1v) is 12.8. The third kappa shape index (κ3) is 3.74. The molecule has 5 rings (SSSR count). The molecule has 0 amide bonds. The molecule has 0 bridgehead atoms. The van der Waals surface area contributed by atoms with Crippen LogP contribution in [0.3, 0.4) is 0 Å². The van der Waals surface area contributed by atoms with E-state index in [4.69, 9.17) is 0 Å². The van der Waals surface area contributed by atoms with Crippen molar-refractivity contribution in [2.24, 2.45) is 0 Å². The molecule has 0 atom stereocenters. The van der Waals surface area contributed by atoms with E-state index in [0.29, 0.717) is 0 Å². The Hall–Kier alpha value is -3.06. The first-order chi connectivity index (χ1) is 15.3. The van der Waals surface area contributed by atoms with Crippen LogP contribution < -0.4 is 15.9 Å². The highest BCUT2D eigenvalue weighted by molar-refractivity contribution is 7.99. The molecule has 0 aliphatic carbocycles. The van der Waals surface area contributed by atoms with E-state index in [1.807, 2.05) is 91.0 Å². The molecule has 0 aromatic heterocycles. The number of rotatable bonds is 5. The molecule has 0 aliphatic rings. The van der Waals surface area contributed by atoms with Crippen LogP contribution in [0.4, 0.5) is 0 Å². The Morgan fingerprint density at radius 2 is 1.03 bits per heavy atom. The summed E-state index contributed by atoms with van der Waals surface area (Å²) in [4.78, 5) is 2.28. The molecule has 0 spiro atoms. The van der Waals surface area contributed by atoms with Crippen molar-refractivity contribution in [2.45, 2.75) is 9.79 Å². The SMILES string of the molecule is O=P(c1ccccc1)(c1ccccc1)c1cccc2cccc(Sc3ccccc3)c12. The van der Waals surface area contributed by atoms with Crippen molar-refractivity contribution in [2.75, 3.05) is 0 Å². The van der Waals surface area contributed by atoms with Crippen LogP contribution in [-0.2, 0) is 4.57 Å². The summed E-state index contributed by atoms with van der Waals surface area (Å²) in [7, 11) is -3.07. The molecule has 0 aliphatic heterocycles. The van der Waals surface area contributed by atoms with Gasteiger partial charge >= 0.3 is 0 Å². The Labute approximate surface area is 187 Å². The minimum Gasteiger partial charge on any atom is -0.309 e. The van der Waals surface area contributed by atoms with Crippen molar-refractivity contribution in [1.29, 1.82) is 0 Å². The maximum atomic E-state index is 15.0. The first-order valence-electron chi connectivity index (χ1n) is 10.2. The largest absolute Gasteiger partial charge is 0.309 e. The third-order valence-electron chi connectivity index (χ3n) is 5.39. The Morgan fingerprint density at radius 3 is 1.61 bits per heavy atom. The second kappa shape index (κ2) is 8.59. The first kappa shape index (κ1) is 19.9. The van der Waals surface area contributed by atoms with E-state index in [1.165, 1.54) is 4.90 Å². The molecule has 1 nitrogen and oxygen atoms in total. The van der Waals surface area contributed by atoms with Crippen LogP contribution in [0.2, 0.25) is 0 Å². The summed E-state index contributed by atoms with van der Waals surface area (Å²) in [5, 5.41) is 4.77. The molecule has 0 saturated heterocycles. The lowest BCUT2D eigenvalue weighted by atomic mass is 10.1. The van der Waals surface area contributed by atoms with Crippen LogP contribution in [0.5, 0.6) is 0 Å². The predicted molar refractivity (Wildman–Crippen MR) is 134 cm³/mol. The Bertz CT molecular complexity index is 1320. The van der Waals surface area contributed by atoms with Gasteiger partial charge in [-0.05, 0) is 23.6 Å². The van der Waals surface area contributed by atoms with Crippen LogP contribution in [0.15, 0.2) is 137 Å². The van der Waals surface area contributed by atoms with Gasteiger partial charge in [-0.3, -0.25) is 0 Å². The average Bonchev–Trinajstić information content (AvgIpc) is 2.85. The Balaban J connectivity index is 1.81. The van der Waals surface area contributed by atoms with Gasteiger partial charge in [-0.25, -0.2) is 0 Å². The van der Waals surface area contributed by atoms with E-state index in [0.717, 1.165) is 31.6 Å². The quantitative estimate of drug-likeness (QED) is 0.288. The highest BCUT2D eigenvalue weighted by atomic mass is 32.2. The lowest BCUT2D eigenvalue weighted by Crippen LogP contribution is -2.25. The second-order valence-electron chi connectivity index (χ2n) is 7.33. The van der Waals surface area contributed by atoms with Gasteiger partial charge in [0.2, 0.25) is 0 Å². The molecule has 31 heavy (non-hydrogen) atoms. The zero-order chi connectivity index (χ0) is 21.1. The summed E-state index contributed by atoms with van der Waals surface area (Å²) in [5.74, 6) is 0. The van der Waals surface area contributed by atoms with Gasteiger partial charge in [-0.15, -0.1) is 0 Å². The standard InChI is InChI=1S/C28H21OPS/c29-30(23-14-4-1-5-15-23,24-16-6-2-7-17-24)26-20-10-12-22-13-11-21-27(28(22)26)31-25-18-8-3-9-19-25/h1-21H. The van der Waals surface area contributed by atoms with Gasteiger partial charge in [-0.2, -0.15) is 0 Å². The van der Waals surface area contributed by atoms with Crippen molar-refractivity contribution in [3.05, 3.63) is 127 Å². The zero-order valence-corrected chi connectivity index (χ0v) is 18.6. The van der Waals surface area contributed by atoms with Crippen LogP contribution in [0.1, 0.15) is 0 Å². The molecule has 0 N–H and O–H groups in total.